The molecule has 0 aromatic heterocycles. The van der Waals surface area contributed by atoms with Gasteiger partial charge in [0.2, 0.25) is 53.2 Å². The number of carbonyl (C=O) groups is 10. The highest BCUT2D eigenvalue weighted by molar-refractivity contribution is 6.03. The summed E-state index contributed by atoms with van der Waals surface area (Å²) < 4.78 is 0. The molecule has 0 aliphatic carbocycles. The van der Waals surface area contributed by atoms with Crippen molar-refractivity contribution in [2.75, 3.05) is 50.3 Å². The van der Waals surface area contributed by atoms with Gasteiger partial charge >= 0.3 is 0 Å². The van der Waals surface area contributed by atoms with Crippen molar-refractivity contribution in [2.45, 2.75) is 126 Å². The maximum Gasteiger partial charge on any atom is 0.299 e. The Bertz CT molecular complexity index is 2690. The third-order valence-corrected chi connectivity index (χ3v) is 13.2. The third-order valence-electron chi connectivity index (χ3n) is 13.2. The van der Waals surface area contributed by atoms with Gasteiger partial charge in [0.1, 0.15) is 48.0 Å². The van der Waals surface area contributed by atoms with Gasteiger partial charge in [-0.15, -0.1) is 0 Å². The van der Waals surface area contributed by atoms with E-state index in [0.29, 0.717) is 25.7 Å². The standard InChI is InChI=1S/C49H72N18O14/c1-27(47(76)64-23-7-13-36(64)45(74)61-33(17-18-39(52)68)42(71)57-22-21-56-31-16-15-28(66(78)79)25-38(31)67(80)81)59-43(72)32(12-6-20-58-49(54)55)60-46(75)37-14-8-24-65(37)48(77)34(11-4-5-19-50)62-44(73)35(26-40(53)69)63-41(70)29-9-2-3-10-30(29)51/h2-3,9-10,15-16,25,27,32-37,56H,4-8,11-14,17-24,26,50-51H2,1H3,(H2,52,68)(H2,53,69)(H,57,71)(H,59,72)(H,60,75)(H,61,74)(H,62,73)(H,63,70)(H4,54,55,58). The van der Waals surface area contributed by atoms with E-state index in [1.807, 2.05) is 0 Å². The monoisotopic (exact) mass is 1140 g/mol. The molecule has 81 heavy (non-hydrogen) atoms. The van der Waals surface area contributed by atoms with E-state index < -0.39 is 129 Å². The van der Waals surface area contributed by atoms with E-state index in [4.69, 9.17) is 34.4 Å². The zero-order valence-corrected chi connectivity index (χ0v) is 44.7. The van der Waals surface area contributed by atoms with Crippen molar-refractivity contribution in [3.63, 3.8) is 0 Å². The Morgan fingerprint density at radius 1 is 0.679 bits per heavy atom. The van der Waals surface area contributed by atoms with Crippen LogP contribution in [0.15, 0.2) is 47.5 Å². The van der Waals surface area contributed by atoms with Crippen LogP contribution in [0.25, 0.3) is 0 Å². The van der Waals surface area contributed by atoms with Gasteiger partial charge in [0.25, 0.3) is 17.3 Å². The number of nitrogens with two attached hydrogens (primary N) is 6. The van der Waals surface area contributed by atoms with Crippen LogP contribution < -0.4 is 71.6 Å². The first-order chi connectivity index (χ1) is 38.4. The average Bonchev–Trinajstić information content (AvgIpc) is 4.12. The second-order valence-corrected chi connectivity index (χ2v) is 19.2. The van der Waals surface area contributed by atoms with Crippen molar-refractivity contribution in [1.29, 1.82) is 0 Å². The lowest BCUT2D eigenvalue weighted by Crippen LogP contribution is -2.59. The van der Waals surface area contributed by atoms with Crippen LogP contribution in [0.5, 0.6) is 0 Å². The third kappa shape index (κ3) is 19.6. The number of carbonyl (C=O) groups excluding carboxylic acids is 10. The molecule has 2 saturated heterocycles. The minimum absolute atomic E-state index is 0.0230. The highest BCUT2D eigenvalue weighted by Gasteiger charge is 2.41. The molecule has 0 saturated carbocycles. The number of nitrogen functional groups attached to an aromatic ring is 1. The second-order valence-electron chi connectivity index (χ2n) is 19.2. The molecule has 2 aromatic rings. The molecule has 442 valence electrons. The summed E-state index contributed by atoms with van der Waals surface area (Å²) in [5, 5.41) is 40.9. The molecule has 0 spiro atoms. The Hall–Kier alpha value is -9.23. The Morgan fingerprint density at radius 2 is 1.28 bits per heavy atom. The van der Waals surface area contributed by atoms with Crippen molar-refractivity contribution in [2.24, 2.45) is 33.7 Å². The maximum atomic E-state index is 14.4. The largest absolute Gasteiger partial charge is 0.398 e. The quantitative estimate of drug-likeness (QED) is 0.00851. The average molecular weight is 1140 g/mol. The van der Waals surface area contributed by atoms with E-state index in [-0.39, 0.29) is 107 Å². The van der Waals surface area contributed by atoms with Crippen molar-refractivity contribution < 1.29 is 57.8 Å². The number of aliphatic imine (C=N–C) groups is 1. The SMILES string of the molecule is CC(NC(=O)C(CCCN=C(N)N)NC(=O)C1CCCN1C(=O)C(CCCCN)NC(=O)C(CC(N)=O)NC(=O)c1ccccc1N)C(=O)N1CCCC1C(=O)NC(CCC(N)=O)C(=O)NCCNc1ccc([N+](=O)[O-])cc1[N+](=O)[O-]. The number of nitro benzene ring substituents is 2. The Labute approximate surface area is 464 Å². The first-order valence-electron chi connectivity index (χ1n) is 26.2. The smallest absolute Gasteiger partial charge is 0.299 e. The molecule has 10 amide bonds. The number of nitro groups is 2. The number of non-ortho nitro benzene ring substituents is 1. The minimum atomic E-state index is -1.53. The van der Waals surface area contributed by atoms with E-state index >= 15 is 0 Å². The van der Waals surface area contributed by atoms with Crippen molar-refractivity contribution in [3.05, 3.63) is 68.3 Å². The van der Waals surface area contributed by atoms with Gasteiger partial charge in [0.05, 0.1) is 27.9 Å². The number of primary amides is 2. The topological polar surface area (TPSA) is 516 Å². The molecule has 2 aromatic carbocycles. The first kappa shape index (κ1) is 64.3. The zero-order chi connectivity index (χ0) is 59.9. The predicted molar refractivity (Wildman–Crippen MR) is 291 cm³/mol. The van der Waals surface area contributed by atoms with Crippen molar-refractivity contribution in [1.82, 2.24) is 41.7 Å². The lowest BCUT2D eigenvalue weighted by atomic mass is 10.0. The van der Waals surface area contributed by atoms with E-state index in [9.17, 15) is 68.2 Å². The van der Waals surface area contributed by atoms with E-state index in [1.165, 1.54) is 28.9 Å². The van der Waals surface area contributed by atoms with Gasteiger partial charge in [0.15, 0.2) is 5.96 Å². The van der Waals surface area contributed by atoms with Gasteiger partial charge in [-0.2, -0.15) is 0 Å². The normalized spacial score (nSPS) is 16.5. The van der Waals surface area contributed by atoms with E-state index in [1.54, 1.807) is 12.1 Å². The van der Waals surface area contributed by atoms with Crippen LogP contribution in [0.1, 0.15) is 94.3 Å². The number of rotatable bonds is 32. The molecular formula is C49H72N18O14. The number of anilines is 2. The second kappa shape index (κ2) is 31.4. The summed E-state index contributed by atoms with van der Waals surface area (Å²) in [4.78, 5) is 162. The lowest BCUT2D eigenvalue weighted by molar-refractivity contribution is -0.393. The molecule has 2 aliphatic rings. The van der Waals surface area contributed by atoms with Crippen LogP contribution in [0.2, 0.25) is 0 Å². The Morgan fingerprint density at radius 3 is 1.86 bits per heavy atom. The number of nitrogens with zero attached hydrogens (tertiary/aromatic N) is 5. The Balaban J connectivity index is 1.45. The Kier molecular flexibility index (Phi) is 24.9. The van der Waals surface area contributed by atoms with Gasteiger partial charge in [-0.1, -0.05) is 12.1 Å². The molecule has 32 heteroatoms. The van der Waals surface area contributed by atoms with Crippen LogP contribution >= 0.6 is 0 Å². The molecule has 32 nitrogen and oxygen atoms in total. The van der Waals surface area contributed by atoms with Crippen molar-refractivity contribution in [3.8, 4) is 0 Å². The van der Waals surface area contributed by atoms with Gasteiger partial charge in [-0.05, 0) is 95.9 Å². The number of para-hydroxylation sites is 1. The van der Waals surface area contributed by atoms with Gasteiger partial charge in [-0.3, -0.25) is 73.2 Å². The predicted octanol–water partition coefficient (Wildman–Crippen LogP) is -3.32. The maximum absolute atomic E-state index is 14.4. The van der Waals surface area contributed by atoms with E-state index in [0.717, 1.165) is 18.2 Å². The molecule has 4 rings (SSSR count). The van der Waals surface area contributed by atoms with Gasteiger partial charge in [-0.25, -0.2) is 0 Å². The number of amides is 10. The number of hydrogen-bond donors (Lipinski definition) is 13. The van der Waals surface area contributed by atoms with Gasteiger partial charge in [0, 0.05) is 50.9 Å². The summed E-state index contributed by atoms with van der Waals surface area (Å²) in [6, 6.07) is -0.0799. The first-order valence-corrected chi connectivity index (χ1v) is 26.2. The summed E-state index contributed by atoms with van der Waals surface area (Å²) in [6.45, 7) is 1.52. The molecule has 19 N–H and O–H groups in total. The minimum Gasteiger partial charge on any atom is -0.398 e. The number of guanidine groups is 1. The number of unbranched alkanes of at least 4 members (excludes halogenated alkanes) is 1. The summed E-state index contributed by atoms with van der Waals surface area (Å²) in [5.74, 6) is -8.12. The fourth-order valence-corrected chi connectivity index (χ4v) is 9.11. The lowest BCUT2D eigenvalue weighted by Gasteiger charge is -2.31. The molecule has 0 bridgehead atoms. The van der Waals surface area contributed by atoms with Crippen LogP contribution in [0, 0.1) is 20.2 Å². The summed E-state index contributed by atoms with van der Waals surface area (Å²) in [5.41, 5.74) is 32.4. The fourth-order valence-electron chi connectivity index (χ4n) is 9.11. The zero-order valence-electron chi connectivity index (χ0n) is 44.7. The molecule has 7 atom stereocenters. The molecule has 0 radical (unpaired) electrons. The molecule has 2 aliphatic heterocycles. The number of likely N-dealkylation sites (tertiary alicyclic amines) is 2. The number of benzene rings is 2. The van der Waals surface area contributed by atoms with Crippen molar-refractivity contribution >= 4 is 87.8 Å². The number of hydrogen-bond acceptors (Lipinski definition) is 18. The summed E-state index contributed by atoms with van der Waals surface area (Å²) in [7, 11) is 0. The van der Waals surface area contributed by atoms with Crippen LogP contribution in [0.4, 0.5) is 22.7 Å². The molecule has 7 unspecified atom stereocenters. The summed E-state index contributed by atoms with van der Waals surface area (Å²) >= 11 is 0. The molecular weight excluding hydrogens is 1060 g/mol. The van der Waals surface area contributed by atoms with Crippen LogP contribution in [0.3, 0.4) is 0 Å². The van der Waals surface area contributed by atoms with E-state index in [2.05, 4.69) is 42.2 Å². The molecule has 2 fully saturated rings. The number of nitrogens with one attached hydrogen (secondary N) is 7. The highest BCUT2D eigenvalue weighted by Crippen LogP contribution is 2.29. The van der Waals surface area contributed by atoms with Gasteiger partial charge < -0.3 is 81.4 Å². The highest BCUT2D eigenvalue weighted by atomic mass is 16.6. The summed E-state index contributed by atoms with van der Waals surface area (Å²) in [6.07, 6.45) is 0.711. The van der Waals surface area contributed by atoms with Crippen LogP contribution in [-0.2, 0) is 43.2 Å². The van der Waals surface area contributed by atoms with Crippen LogP contribution in [-0.4, -0.2) is 166 Å². The molecule has 2 heterocycles. The fraction of sp³-hybridized carbons (Fsp3) is 0.531.